The maximum Gasteiger partial charge on any atom is 0.318 e. The van der Waals surface area contributed by atoms with E-state index in [1.54, 1.807) is 0 Å². The summed E-state index contributed by atoms with van der Waals surface area (Å²) in [5.74, 6) is 0. The highest BCUT2D eigenvalue weighted by atomic mass is 16.2. The van der Waals surface area contributed by atoms with E-state index < -0.39 is 0 Å². The molecular weight excluding hydrogens is 326 g/mol. The number of rotatable bonds is 3. The molecule has 4 rings (SSSR count). The lowest BCUT2D eigenvalue weighted by Gasteiger charge is -2.37. The molecule has 0 spiro atoms. The summed E-state index contributed by atoms with van der Waals surface area (Å²) in [5, 5.41) is 7.31. The fraction of sp³-hybridized carbons (Fsp3) is 0.300. The first kappa shape index (κ1) is 16.4. The molecule has 0 aliphatic carbocycles. The predicted octanol–water partition coefficient (Wildman–Crippen LogP) is 2.84. The van der Waals surface area contributed by atoms with Crippen LogP contribution in [0.2, 0.25) is 0 Å². The van der Waals surface area contributed by atoms with E-state index >= 15 is 0 Å². The van der Waals surface area contributed by atoms with Crippen LogP contribution in [-0.4, -0.2) is 31.8 Å². The summed E-state index contributed by atoms with van der Waals surface area (Å²) in [4.78, 5) is 14.9. The second kappa shape index (κ2) is 6.71. The number of aryl methyl sites for hydroxylation is 1. The van der Waals surface area contributed by atoms with Crippen molar-refractivity contribution in [2.75, 3.05) is 6.54 Å². The third kappa shape index (κ3) is 2.87. The van der Waals surface area contributed by atoms with Crippen LogP contribution in [0.15, 0.2) is 54.9 Å². The van der Waals surface area contributed by atoms with Crippen molar-refractivity contribution >= 4 is 6.03 Å². The van der Waals surface area contributed by atoms with Gasteiger partial charge in [0.05, 0.1) is 12.2 Å². The average Bonchev–Trinajstić information content (AvgIpc) is 3.27. The summed E-state index contributed by atoms with van der Waals surface area (Å²) in [6, 6.07) is 14.2. The molecule has 2 aromatic heterocycles. The number of urea groups is 1. The zero-order valence-electron chi connectivity index (χ0n) is 15.1. The molecule has 1 atom stereocenters. The Bertz CT molecular complexity index is 911. The van der Waals surface area contributed by atoms with Crippen LogP contribution in [0.3, 0.4) is 0 Å². The van der Waals surface area contributed by atoms with E-state index in [9.17, 15) is 4.79 Å². The molecule has 0 saturated carbocycles. The second-order valence-corrected chi connectivity index (χ2v) is 6.67. The van der Waals surface area contributed by atoms with Gasteiger partial charge in [-0.05, 0) is 24.6 Å². The van der Waals surface area contributed by atoms with Gasteiger partial charge in [-0.3, -0.25) is 4.68 Å². The number of nitrogens with zero attached hydrogens (tertiary/aromatic N) is 4. The number of carbonyl (C=O) groups is 1. The molecule has 134 valence electrons. The van der Waals surface area contributed by atoms with E-state index in [0.717, 1.165) is 29.1 Å². The maximum absolute atomic E-state index is 13.0. The summed E-state index contributed by atoms with van der Waals surface area (Å²) < 4.78 is 4.05. The highest BCUT2D eigenvalue weighted by molar-refractivity contribution is 5.75. The molecular formula is C20H23N5O. The number of fused-ring (bicyclic) bond motifs is 1. The van der Waals surface area contributed by atoms with Crippen molar-refractivity contribution < 1.29 is 4.79 Å². The Balaban J connectivity index is 1.58. The summed E-state index contributed by atoms with van der Waals surface area (Å²) in [6.07, 6.45) is 3.89. The zero-order valence-corrected chi connectivity index (χ0v) is 15.1. The lowest BCUT2D eigenvalue weighted by atomic mass is 10.0. The molecule has 1 aliphatic rings. The largest absolute Gasteiger partial charge is 0.348 e. The van der Waals surface area contributed by atoms with Crippen molar-refractivity contribution in [2.24, 2.45) is 7.05 Å². The molecule has 3 aromatic rings. The summed E-state index contributed by atoms with van der Waals surface area (Å²) in [6.45, 7) is 3.98. The van der Waals surface area contributed by atoms with Gasteiger partial charge in [-0.1, -0.05) is 30.3 Å². The van der Waals surface area contributed by atoms with E-state index in [4.69, 9.17) is 0 Å². The zero-order chi connectivity index (χ0) is 18.1. The van der Waals surface area contributed by atoms with Gasteiger partial charge in [0, 0.05) is 49.8 Å². The molecule has 6 heteroatoms. The molecule has 2 amide bonds. The van der Waals surface area contributed by atoms with Crippen LogP contribution in [-0.2, 0) is 20.1 Å². The van der Waals surface area contributed by atoms with Gasteiger partial charge in [-0.15, -0.1) is 0 Å². The number of aromatic nitrogens is 3. The van der Waals surface area contributed by atoms with Crippen LogP contribution in [0, 0.1) is 6.92 Å². The first-order valence-corrected chi connectivity index (χ1v) is 8.87. The monoisotopic (exact) mass is 349 g/mol. The van der Waals surface area contributed by atoms with Gasteiger partial charge in [-0.25, -0.2) is 4.79 Å². The van der Waals surface area contributed by atoms with Gasteiger partial charge in [0.25, 0.3) is 0 Å². The van der Waals surface area contributed by atoms with Crippen molar-refractivity contribution in [2.45, 2.75) is 26.1 Å². The SMILES string of the molecule is Cc1c(CNC(=O)N2CCn3cccc3C2c2ccccc2)cnn1C. The normalized spacial score (nSPS) is 16.4. The van der Waals surface area contributed by atoms with Crippen molar-refractivity contribution in [3.05, 3.63) is 77.4 Å². The van der Waals surface area contributed by atoms with Crippen LogP contribution in [0.5, 0.6) is 0 Å². The summed E-state index contributed by atoms with van der Waals surface area (Å²) in [7, 11) is 1.91. The topological polar surface area (TPSA) is 55.1 Å². The fourth-order valence-corrected chi connectivity index (χ4v) is 3.58. The van der Waals surface area contributed by atoms with E-state index in [0.29, 0.717) is 13.1 Å². The Morgan fingerprint density at radius 1 is 1.19 bits per heavy atom. The minimum Gasteiger partial charge on any atom is -0.348 e. The molecule has 1 aromatic carbocycles. The molecule has 0 saturated heterocycles. The van der Waals surface area contributed by atoms with Crippen LogP contribution >= 0.6 is 0 Å². The highest BCUT2D eigenvalue weighted by Crippen LogP contribution is 2.32. The maximum atomic E-state index is 13.0. The standard InChI is InChI=1S/C20H23N5O/c1-15-17(14-22-23(15)2)13-21-20(26)25-12-11-24-10-6-9-18(24)19(25)16-7-4-3-5-8-16/h3-10,14,19H,11-13H2,1-2H3,(H,21,26). The molecule has 3 heterocycles. The van der Waals surface area contributed by atoms with Gasteiger partial charge >= 0.3 is 6.03 Å². The number of nitrogens with one attached hydrogen (secondary N) is 1. The van der Waals surface area contributed by atoms with Crippen molar-refractivity contribution in [1.29, 1.82) is 0 Å². The van der Waals surface area contributed by atoms with Crippen LogP contribution in [0.4, 0.5) is 4.79 Å². The Morgan fingerprint density at radius 3 is 2.73 bits per heavy atom. The third-order valence-electron chi connectivity index (χ3n) is 5.18. The molecule has 0 bridgehead atoms. The smallest absolute Gasteiger partial charge is 0.318 e. The lowest BCUT2D eigenvalue weighted by Crippen LogP contribution is -2.47. The second-order valence-electron chi connectivity index (χ2n) is 6.67. The molecule has 1 unspecified atom stereocenters. The highest BCUT2D eigenvalue weighted by Gasteiger charge is 2.31. The van der Waals surface area contributed by atoms with Crippen molar-refractivity contribution in [3.8, 4) is 0 Å². The van der Waals surface area contributed by atoms with Gasteiger partial charge in [0.1, 0.15) is 0 Å². The first-order chi connectivity index (χ1) is 12.6. The molecule has 1 N–H and O–H groups in total. The van der Waals surface area contributed by atoms with Crippen LogP contribution in [0.1, 0.15) is 28.6 Å². The van der Waals surface area contributed by atoms with Crippen molar-refractivity contribution in [1.82, 2.24) is 24.6 Å². The molecule has 26 heavy (non-hydrogen) atoms. The van der Waals surface area contributed by atoms with E-state index in [-0.39, 0.29) is 12.1 Å². The molecule has 0 radical (unpaired) electrons. The minimum absolute atomic E-state index is 0.0467. The van der Waals surface area contributed by atoms with Gasteiger partial charge < -0.3 is 14.8 Å². The van der Waals surface area contributed by atoms with E-state index in [1.165, 1.54) is 0 Å². The fourth-order valence-electron chi connectivity index (χ4n) is 3.58. The van der Waals surface area contributed by atoms with Gasteiger partial charge in [-0.2, -0.15) is 5.10 Å². The number of benzene rings is 1. The molecule has 1 aliphatic heterocycles. The molecule has 6 nitrogen and oxygen atoms in total. The van der Waals surface area contributed by atoms with Crippen molar-refractivity contribution in [3.63, 3.8) is 0 Å². The Hall–Kier alpha value is -3.02. The quantitative estimate of drug-likeness (QED) is 0.790. The lowest BCUT2D eigenvalue weighted by molar-refractivity contribution is 0.168. The minimum atomic E-state index is -0.0741. The summed E-state index contributed by atoms with van der Waals surface area (Å²) >= 11 is 0. The Kier molecular flexibility index (Phi) is 4.24. The Morgan fingerprint density at radius 2 is 2.00 bits per heavy atom. The average molecular weight is 349 g/mol. The van der Waals surface area contributed by atoms with E-state index in [1.807, 2.05) is 54.0 Å². The Labute approximate surface area is 153 Å². The van der Waals surface area contributed by atoms with Crippen LogP contribution < -0.4 is 5.32 Å². The first-order valence-electron chi connectivity index (χ1n) is 8.87. The number of hydrogen-bond donors (Lipinski definition) is 1. The molecule has 0 fully saturated rings. The summed E-state index contributed by atoms with van der Waals surface area (Å²) in [5.41, 5.74) is 4.38. The number of carbonyl (C=O) groups excluding carboxylic acids is 1. The van der Waals surface area contributed by atoms with Gasteiger partial charge in [0.2, 0.25) is 0 Å². The van der Waals surface area contributed by atoms with Crippen LogP contribution in [0.25, 0.3) is 0 Å². The number of amides is 2. The third-order valence-corrected chi connectivity index (χ3v) is 5.18. The number of hydrogen-bond acceptors (Lipinski definition) is 2. The van der Waals surface area contributed by atoms with E-state index in [2.05, 4.69) is 39.4 Å². The van der Waals surface area contributed by atoms with Gasteiger partial charge in [0.15, 0.2) is 0 Å². The predicted molar refractivity (Wildman–Crippen MR) is 99.6 cm³/mol.